The molecule has 1 heterocycles. The Labute approximate surface area is 264 Å². The van der Waals surface area contributed by atoms with Gasteiger partial charge in [0.15, 0.2) is 0 Å². The van der Waals surface area contributed by atoms with Crippen LogP contribution in [0.15, 0.2) is 30.5 Å². The fourth-order valence-corrected chi connectivity index (χ4v) is 4.90. The summed E-state index contributed by atoms with van der Waals surface area (Å²) in [5.74, 6) is -4.82. The number of aliphatic carboxylic acids is 1. The second-order valence-corrected chi connectivity index (χ2v) is 11.9. The first-order valence-corrected chi connectivity index (χ1v) is 15.4. The minimum atomic E-state index is -1.39. The molecule has 0 aliphatic rings. The van der Waals surface area contributed by atoms with Gasteiger partial charge in [-0.25, -0.2) is 0 Å². The van der Waals surface area contributed by atoms with Crippen molar-refractivity contribution in [3.63, 3.8) is 0 Å². The van der Waals surface area contributed by atoms with Gasteiger partial charge in [0, 0.05) is 36.5 Å². The first-order valence-electron chi connectivity index (χ1n) is 15.4. The third kappa shape index (κ3) is 10.9. The third-order valence-electron chi connectivity index (χ3n) is 7.82. The number of hydrogen-bond donors (Lipinski definition) is 7. The van der Waals surface area contributed by atoms with E-state index in [2.05, 4.69) is 31.6 Å². The number of fused-ring (bicyclic) bond motifs is 1. The molecule has 0 bridgehead atoms. The van der Waals surface area contributed by atoms with Crippen LogP contribution in [0.5, 0.6) is 0 Å². The summed E-state index contributed by atoms with van der Waals surface area (Å²) in [6.45, 7) is 12.1. The van der Waals surface area contributed by atoms with E-state index in [0.29, 0.717) is 18.4 Å². The molecular weight excluding hydrogens is 580 g/mol. The molecule has 0 aliphatic carbocycles. The van der Waals surface area contributed by atoms with Crippen molar-refractivity contribution in [2.75, 3.05) is 0 Å². The van der Waals surface area contributed by atoms with Crippen LogP contribution in [-0.2, 0) is 35.2 Å². The van der Waals surface area contributed by atoms with Crippen molar-refractivity contribution < 1.29 is 33.9 Å². The van der Waals surface area contributed by atoms with Gasteiger partial charge in [-0.15, -0.1) is 0 Å². The van der Waals surface area contributed by atoms with Gasteiger partial charge in [-0.2, -0.15) is 0 Å². The molecule has 13 nitrogen and oxygen atoms in total. The quantitative estimate of drug-likeness (QED) is 0.138. The van der Waals surface area contributed by atoms with Crippen LogP contribution in [0, 0.1) is 11.8 Å². The van der Waals surface area contributed by atoms with Crippen molar-refractivity contribution in [1.82, 2.24) is 31.6 Å². The van der Waals surface area contributed by atoms with Crippen LogP contribution in [-0.4, -0.2) is 75.8 Å². The summed E-state index contributed by atoms with van der Waals surface area (Å²) in [5, 5.41) is 23.6. The largest absolute Gasteiger partial charge is 0.481 e. The summed E-state index contributed by atoms with van der Waals surface area (Å²) >= 11 is 0. The lowest BCUT2D eigenvalue weighted by atomic mass is 9.94. The second-order valence-electron chi connectivity index (χ2n) is 11.9. The average Bonchev–Trinajstić information content (AvgIpc) is 3.38. The second kappa shape index (κ2) is 17.2. The predicted molar refractivity (Wildman–Crippen MR) is 170 cm³/mol. The molecule has 13 heteroatoms. The lowest BCUT2D eigenvalue weighted by Crippen LogP contribution is -2.60. The number of aromatic nitrogens is 1. The van der Waals surface area contributed by atoms with E-state index < -0.39 is 60.2 Å². The van der Waals surface area contributed by atoms with Gasteiger partial charge in [0.25, 0.3) is 0 Å². The third-order valence-corrected chi connectivity index (χ3v) is 7.82. The number of carboxylic acids is 1. The van der Waals surface area contributed by atoms with E-state index in [4.69, 9.17) is 0 Å². The number of para-hydroxylation sites is 1. The normalized spacial score (nSPS) is 15.2. The van der Waals surface area contributed by atoms with Crippen LogP contribution in [0.1, 0.15) is 73.3 Å². The van der Waals surface area contributed by atoms with Crippen molar-refractivity contribution in [3.05, 3.63) is 36.0 Å². The highest BCUT2D eigenvalue weighted by Gasteiger charge is 2.35. The van der Waals surface area contributed by atoms with Crippen LogP contribution < -0.4 is 26.6 Å². The Morgan fingerprint density at radius 1 is 0.733 bits per heavy atom. The molecule has 0 spiro atoms. The van der Waals surface area contributed by atoms with Crippen LogP contribution in [0.3, 0.4) is 0 Å². The molecule has 0 unspecified atom stereocenters. The number of carboxylic acid groups (broad SMARTS) is 1. The van der Waals surface area contributed by atoms with Crippen LogP contribution in [0.25, 0.3) is 10.9 Å². The number of carbonyl (C=O) groups excluding carboxylic acids is 5. The van der Waals surface area contributed by atoms with Gasteiger partial charge in [0.1, 0.15) is 24.2 Å². The van der Waals surface area contributed by atoms with E-state index >= 15 is 0 Å². The van der Waals surface area contributed by atoms with Gasteiger partial charge >= 0.3 is 5.97 Å². The molecule has 45 heavy (non-hydrogen) atoms. The fraction of sp³-hybridized carbons (Fsp3) is 0.562. The van der Waals surface area contributed by atoms with Crippen molar-refractivity contribution in [2.45, 2.75) is 104 Å². The summed E-state index contributed by atoms with van der Waals surface area (Å²) in [7, 11) is 0. The van der Waals surface area contributed by atoms with Crippen molar-refractivity contribution in [2.24, 2.45) is 11.8 Å². The molecule has 5 amide bonds. The average molecular weight is 629 g/mol. The first kappa shape index (κ1) is 36.8. The Hall–Kier alpha value is -4.42. The lowest BCUT2D eigenvalue weighted by Gasteiger charge is -2.30. The van der Waals surface area contributed by atoms with E-state index in [0.717, 1.165) is 10.9 Å². The number of nitrogens with one attached hydrogen (secondary N) is 6. The molecule has 0 fully saturated rings. The maximum Gasteiger partial charge on any atom is 0.305 e. The summed E-state index contributed by atoms with van der Waals surface area (Å²) < 4.78 is 0. The smallest absolute Gasteiger partial charge is 0.305 e. The number of hydrogen-bond acceptors (Lipinski definition) is 6. The molecule has 2 aromatic rings. The molecule has 0 aliphatic heterocycles. The summed E-state index contributed by atoms with van der Waals surface area (Å²) in [6, 6.07) is 2.57. The van der Waals surface area contributed by atoms with Crippen molar-refractivity contribution in [1.29, 1.82) is 0 Å². The number of aromatic amines is 1. The minimum Gasteiger partial charge on any atom is -0.481 e. The highest BCUT2D eigenvalue weighted by Crippen LogP contribution is 2.20. The fourth-order valence-electron chi connectivity index (χ4n) is 4.90. The topological polar surface area (TPSA) is 199 Å². The van der Waals surface area contributed by atoms with E-state index in [-0.39, 0.29) is 30.2 Å². The predicted octanol–water partition coefficient (Wildman–Crippen LogP) is 1.76. The summed E-state index contributed by atoms with van der Waals surface area (Å²) in [6.07, 6.45) is 2.18. The highest BCUT2D eigenvalue weighted by molar-refractivity contribution is 5.97. The lowest BCUT2D eigenvalue weighted by molar-refractivity contribution is -0.141. The molecule has 0 radical (unpaired) electrons. The van der Waals surface area contributed by atoms with Crippen LogP contribution in [0.2, 0.25) is 0 Å². The van der Waals surface area contributed by atoms with Gasteiger partial charge in [0.05, 0.1) is 6.42 Å². The Morgan fingerprint density at radius 2 is 1.27 bits per heavy atom. The minimum absolute atomic E-state index is 0.00966. The van der Waals surface area contributed by atoms with Gasteiger partial charge in [-0.3, -0.25) is 28.8 Å². The Morgan fingerprint density at radius 3 is 1.82 bits per heavy atom. The van der Waals surface area contributed by atoms with Crippen molar-refractivity contribution >= 4 is 46.4 Å². The zero-order valence-corrected chi connectivity index (χ0v) is 27.2. The molecule has 248 valence electrons. The van der Waals surface area contributed by atoms with Gasteiger partial charge in [0.2, 0.25) is 29.5 Å². The van der Waals surface area contributed by atoms with E-state index in [1.807, 2.05) is 45.0 Å². The zero-order chi connectivity index (χ0) is 33.8. The molecule has 0 saturated heterocycles. The van der Waals surface area contributed by atoms with Gasteiger partial charge in [-0.05, 0) is 37.3 Å². The van der Waals surface area contributed by atoms with Crippen LogP contribution >= 0.6 is 0 Å². The maximum atomic E-state index is 13.8. The van der Waals surface area contributed by atoms with Gasteiger partial charge < -0.3 is 36.7 Å². The molecule has 2 rings (SSSR count). The molecule has 1 aromatic heterocycles. The molecule has 6 atom stereocenters. The molecule has 0 saturated carbocycles. The maximum absolute atomic E-state index is 13.8. The van der Waals surface area contributed by atoms with Crippen LogP contribution in [0.4, 0.5) is 0 Å². The Kier molecular flexibility index (Phi) is 14.0. The number of carbonyl (C=O) groups is 6. The standard InChI is InChI=1S/C32H48N6O7/c1-8-18(5)27(35-20(7)39)32(45)38-28(19(6)9-2)31(44)37-24(14-21-16-33-23-13-11-10-12-22(21)23)30(43)36-25(15-26(40)41)29(42)34-17(3)4/h10-13,16-19,24-25,27-28,33H,8-9,14-15H2,1-7H3,(H,34,42)(H,35,39)(H,36,43)(H,37,44)(H,38,45)(H,40,41)/t18-,19-,24-,25-,27-,28-/m0/s1. The number of benzene rings is 1. The van der Waals surface area contributed by atoms with E-state index in [9.17, 15) is 33.9 Å². The Balaban J connectivity index is 2.43. The zero-order valence-electron chi connectivity index (χ0n) is 27.2. The SMILES string of the molecule is CC[C@H](C)[C@H](NC(C)=O)C(=O)N[C@H](C(=O)N[C@@H](Cc1c[nH]c2ccccc12)C(=O)N[C@@H](CC(=O)O)C(=O)NC(C)C)[C@@H](C)CC. The number of amides is 5. The molecule has 7 N–H and O–H groups in total. The monoisotopic (exact) mass is 628 g/mol. The van der Waals surface area contributed by atoms with Crippen molar-refractivity contribution in [3.8, 4) is 0 Å². The molecular formula is C32H48N6O7. The summed E-state index contributed by atoms with van der Waals surface area (Å²) in [5.41, 5.74) is 1.52. The van der Waals surface area contributed by atoms with E-state index in [1.54, 1.807) is 27.0 Å². The molecule has 1 aromatic carbocycles. The van der Waals surface area contributed by atoms with Gasteiger partial charge in [-0.1, -0.05) is 58.7 Å². The first-order chi connectivity index (χ1) is 21.2. The Bertz CT molecular complexity index is 1360. The summed E-state index contributed by atoms with van der Waals surface area (Å²) in [4.78, 5) is 80.2. The van der Waals surface area contributed by atoms with E-state index in [1.165, 1.54) is 6.92 Å². The highest BCUT2D eigenvalue weighted by atomic mass is 16.4. The number of H-pyrrole nitrogens is 1. The number of rotatable bonds is 17.